The second-order valence-electron chi connectivity index (χ2n) is 9.21. The van der Waals surface area contributed by atoms with Gasteiger partial charge in [-0.25, -0.2) is 13.6 Å². The summed E-state index contributed by atoms with van der Waals surface area (Å²) in [6, 6.07) is 14.5. The number of aromatic nitrogens is 2. The van der Waals surface area contributed by atoms with E-state index in [0.717, 1.165) is 29.1 Å². The lowest BCUT2D eigenvalue weighted by Crippen LogP contribution is -2.39. The highest BCUT2D eigenvalue weighted by atomic mass is 19.1. The summed E-state index contributed by atoms with van der Waals surface area (Å²) in [5, 5.41) is 0.859. The fourth-order valence-electron chi connectivity index (χ4n) is 3.91. The molecule has 0 aliphatic carbocycles. The zero-order valence-corrected chi connectivity index (χ0v) is 19.8. The van der Waals surface area contributed by atoms with Gasteiger partial charge in [-0.15, -0.1) is 0 Å². The van der Waals surface area contributed by atoms with Gasteiger partial charge in [-0.05, 0) is 69.0 Å². The number of rotatable bonds is 4. The molecule has 1 N–H and O–H groups in total. The van der Waals surface area contributed by atoms with Gasteiger partial charge in [0.05, 0.1) is 17.4 Å². The molecule has 4 aromatic rings. The Morgan fingerprint density at radius 2 is 1.71 bits per heavy atom. The topological polar surface area (TPSA) is 75.3 Å². The lowest BCUT2D eigenvalue weighted by Gasteiger charge is -2.32. The van der Waals surface area contributed by atoms with E-state index in [4.69, 9.17) is 4.74 Å². The Balaban J connectivity index is 1.84. The number of H-pyrrole nitrogens is 1. The molecule has 8 heteroatoms. The molecule has 0 aliphatic rings. The fourth-order valence-corrected chi connectivity index (χ4v) is 3.91. The molecule has 0 radical (unpaired) electrons. The summed E-state index contributed by atoms with van der Waals surface area (Å²) in [5.41, 5.74) is 1.52. The lowest BCUT2D eigenvalue weighted by atomic mass is 9.98. The summed E-state index contributed by atoms with van der Waals surface area (Å²) >= 11 is 0. The minimum absolute atomic E-state index is 0.00342. The summed E-state index contributed by atoms with van der Waals surface area (Å²) in [6.45, 7) is 6.84. The van der Waals surface area contributed by atoms with E-state index in [2.05, 4.69) is 9.97 Å². The van der Waals surface area contributed by atoms with E-state index in [-0.39, 0.29) is 11.2 Å². The van der Waals surface area contributed by atoms with Crippen LogP contribution in [-0.2, 0) is 4.74 Å². The number of pyridine rings is 2. The summed E-state index contributed by atoms with van der Waals surface area (Å²) in [5.74, 6) is -1.64. The quantitative estimate of drug-likeness (QED) is 0.371. The number of nitrogens with one attached hydrogen (secondary N) is 1. The first-order chi connectivity index (χ1) is 16.5. The fraction of sp³-hybridized carbons (Fsp3) is 0.222. The van der Waals surface area contributed by atoms with E-state index in [0.29, 0.717) is 16.8 Å². The second kappa shape index (κ2) is 9.29. The molecule has 0 saturated heterocycles. The summed E-state index contributed by atoms with van der Waals surface area (Å²) in [7, 11) is 0. The number of hydrogen-bond acceptors (Lipinski definition) is 4. The van der Waals surface area contributed by atoms with Crippen molar-refractivity contribution in [2.45, 2.75) is 39.3 Å². The van der Waals surface area contributed by atoms with Crippen LogP contribution in [0.3, 0.4) is 0 Å². The number of anilines is 1. The van der Waals surface area contributed by atoms with Crippen molar-refractivity contribution in [1.82, 2.24) is 9.97 Å². The number of fused-ring (bicyclic) bond motifs is 1. The minimum atomic E-state index is -0.835. The molecule has 6 nitrogen and oxygen atoms in total. The van der Waals surface area contributed by atoms with Gasteiger partial charge in [0.15, 0.2) is 0 Å². The average molecular weight is 478 g/mol. The van der Waals surface area contributed by atoms with Gasteiger partial charge in [0.25, 0.3) is 0 Å². The number of carbonyl (C=O) groups excluding carboxylic acids is 1. The van der Waals surface area contributed by atoms with Crippen molar-refractivity contribution in [1.29, 1.82) is 0 Å². The molecule has 0 fully saturated rings. The third-order valence-corrected chi connectivity index (χ3v) is 5.37. The zero-order valence-electron chi connectivity index (χ0n) is 19.8. The van der Waals surface area contributed by atoms with Crippen molar-refractivity contribution < 1.29 is 18.3 Å². The monoisotopic (exact) mass is 477 g/mol. The van der Waals surface area contributed by atoms with Crippen molar-refractivity contribution in [2.75, 3.05) is 4.90 Å². The maximum absolute atomic E-state index is 14.1. The van der Waals surface area contributed by atoms with Gasteiger partial charge in [-0.3, -0.25) is 14.7 Å². The van der Waals surface area contributed by atoms with Crippen LogP contribution in [0.25, 0.3) is 22.0 Å². The molecular weight excluding hydrogens is 452 g/mol. The first-order valence-corrected chi connectivity index (χ1v) is 11.1. The first-order valence-electron chi connectivity index (χ1n) is 11.1. The minimum Gasteiger partial charge on any atom is -0.443 e. The van der Waals surface area contributed by atoms with Crippen LogP contribution >= 0.6 is 0 Å². The Labute approximate surface area is 201 Å². The molecule has 2 aromatic carbocycles. The van der Waals surface area contributed by atoms with Crippen LogP contribution in [0.5, 0.6) is 0 Å². The number of ether oxygens (including phenoxy) is 1. The molecular formula is C27H25F2N3O3. The molecule has 2 heterocycles. The Hall–Kier alpha value is -4.07. The van der Waals surface area contributed by atoms with Crippen molar-refractivity contribution >= 4 is 22.7 Å². The molecule has 0 spiro atoms. The number of amides is 1. The highest BCUT2D eigenvalue weighted by Crippen LogP contribution is 2.35. The van der Waals surface area contributed by atoms with Crippen LogP contribution in [0.2, 0.25) is 0 Å². The van der Waals surface area contributed by atoms with Crippen molar-refractivity contribution in [2.24, 2.45) is 0 Å². The Morgan fingerprint density at radius 1 is 1.03 bits per heavy atom. The van der Waals surface area contributed by atoms with E-state index in [1.165, 1.54) is 11.0 Å². The van der Waals surface area contributed by atoms with Crippen LogP contribution in [0.1, 0.15) is 39.4 Å². The number of carbonyl (C=O) groups is 1. The normalized spacial score (nSPS) is 12.4. The maximum atomic E-state index is 14.1. The number of benzene rings is 2. The van der Waals surface area contributed by atoms with Crippen LogP contribution in [0, 0.1) is 11.6 Å². The van der Waals surface area contributed by atoms with Crippen molar-refractivity contribution in [3.63, 3.8) is 0 Å². The molecule has 2 aromatic heterocycles. The molecule has 1 atom stereocenters. The van der Waals surface area contributed by atoms with Crippen molar-refractivity contribution in [3.8, 4) is 11.1 Å². The molecule has 35 heavy (non-hydrogen) atoms. The Kier molecular flexibility index (Phi) is 6.39. The van der Waals surface area contributed by atoms with Gasteiger partial charge in [-0.1, -0.05) is 18.2 Å². The predicted molar refractivity (Wildman–Crippen MR) is 131 cm³/mol. The van der Waals surface area contributed by atoms with E-state index in [1.54, 1.807) is 46.0 Å². The standard InChI is InChI=1S/C27H25F2N3O3/c1-16(32(26(34)35-27(2,3)4)21-14-19(28)13-20(29)15-21)25-22(6-5-11-30-25)18-8-7-17-9-10-24(33)31-23(17)12-18/h5-16H,1-4H3,(H,31,33). The third-order valence-electron chi connectivity index (χ3n) is 5.37. The molecule has 0 aliphatic heterocycles. The highest BCUT2D eigenvalue weighted by Gasteiger charge is 2.31. The molecule has 180 valence electrons. The first kappa shape index (κ1) is 24.1. The Bertz CT molecular complexity index is 1440. The van der Waals surface area contributed by atoms with E-state index < -0.39 is 29.4 Å². The molecule has 1 unspecified atom stereocenters. The number of halogens is 2. The van der Waals surface area contributed by atoms with Gasteiger partial charge in [0, 0.05) is 29.4 Å². The summed E-state index contributed by atoms with van der Waals surface area (Å²) < 4.78 is 33.8. The predicted octanol–water partition coefficient (Wildman–Crippen LogP) is 6.37. The molecule has 0 bridgehead atoms. The van der Waals surface area contributed by atoms with Crippen LogP contribution < -0.4 is 10.5 Å². The number of hydrogen-bond donors (Lipinski definition) is 1. The average Bonchev–Trinajstić information content (AvgIpc) is 2.76. The van der Waals surface area contributed by atoms with Crippen LogP contribution in [0.15, 0.2) is 71.7 Å². The highest BCUT2D eigenvalue weighted by molar-refractivity contribution is 5.90. The van der Waals surface area contributed by atoms with Crippen molar-refractivity contribution in [3.05, 3.63) is 94.5 Å². The van der Waals surface area contributed by atoms with Gasteiger partial charge in [-0.2, -0.15) is 0 Å². The van der Waals surface area contributed by atoms with E-state index in [1.807, 2.05) is 24.3 Å². The van der Waals surface area contributed by atoms with E-state index in [9.17, 15) is 18.4 Å². The van der Waals surface area contributed by atoms with Crippen LogP contribution in [-0.4, -0.2) is 21.7 Å². The second-order valence-corrected chi connectivity index (χ2v) is 9.21. The lowest BCUT2D eigenvalue weighted by molar-refractivity contribution is 0.0567. The van der Waals surface area contributed by atoms with Gasteiger partial charge < -0.3 is 9.72 Å². The Morgan fingerprint density at radius 3 is 2.40 bits per heavy atom. The molecule has 4 rings (SSSR count). The summed E-state index contributed by atoms with van der Waals surface area (Å²) in [6.07, 6.45) is 0.812. The molecule has 0 saturated carbocycles. The van der Waals surface area contributed by atoms with Gasteiger partial charge in [0.2, 0.25) is 5.56 Å². The maximum Gasteiger partial charge on any atom is 0.415 e. The zero-order chi connectivity index (χ0) is 25.3. The van der Waals surface area contributed by atoms with Gasteiger partial charge >= 0.3 is 6.09 Å². The largest absolute Gasteiger partial charge is 0.443 e. The van der Waals surface area contributed by atoms with Crippen LogP contribution in [0.4, 0.5) is 19.3 Å². The summed E-state index contributed by atoms with van der Waals surface area (Å²) in [4.78, 5) is 33.6. The number of nitrogens with zero attached hydrogens (tertiary/aromatic N) is 2. The SMILES string of the molecule is CC(c1ncccc1-c1ccc2ccc(=O)[nH]c2c1)N(C(=O)OC(C)(C)C)c1cc(F)cc(F)c1. The van der Waals surface area contributed by atoms with Gasteiger partial charge in [0.1, 0.15) is 17.2 Å². The third kappa shape index (κ3) is 5.37. The number of aromatic amines is 1. The van der Waals surface area contributed by atoms with E-state index >= 15 is 0 Å². The smallest absolute Gasteiger partial charge is 0.415 e. The molecule has 1 amide bonds.